The highest BCUT2D eigenvalue weighted by atomic mass is 14.9. The van der Waals surface area contributed by atoms with Gasteiger partial charge in [-0.05, 0) is 126 Å². The molecule has 0 saturated heterocycles. The topological polar surface area (TPSA) is 3.88 Å². The summed E-state index contributed by atoms with van der Waals surface area (Å²) < 4.78 is 2.47. The molecule has 0 fully saturated rings. The second kappa shape index (κ2) is 6.72. The monoisotopic (exact) mass is 374 g/mol. The number of benzene rings is 2. The summed E-state index contributed by atoms with van der Waals surface area (Å²) in [6, 6.07) is 0. The number of nitrogens with zero attached hydrogens (tertiary/aromatic N) is 1. The first kappa shape index (κ1) is 20.6. The lowest BCUT2D eigenvalue weighted by molar-refractivity contribution is -0.634. The summed E-state index contributed by atoms with van der Waals surface area (Å²) in [5.74, 6) is 0. The van der Waals surface area contributed by atoms with Crippen LogP contribution in [0.4, 0.5) is 0 Å². The first-order valence-corrected chi connectivity index (χ1v) is 10.4. The lowest BCUT2D eigenvalue weighted by atomic mass is 9.84. The van der Waals surface area contributed by atoms with Gasteiger partial charge < -0.3 is 0 Å². The fourth-order valence-electron chi connectivity index (χ4n) is 5.11. The molecule has 0 radical (unpaired) electrons. The number of hydrogen-bond acceptors (Lipinski definition) is 0. The summed E-state index contributed by atoms with van der Waals surface area (Å²) in [4.78, 5) is 0. The maximum atomic E-state index is 2.47. The SMILES string of the molecule is Cc1c(C)c(C)c(-c2c(C)c(C)c3c(C)c(C)c(C)c(C)c3[n+]2C)c(C)c1C. The zero-order valence-electron chi connectivity index (χ0n) is 19.9. The maximum absolute atomic E-state index is 2.47. The van der Waals surface area contributed by atoms with Crippen LogP contribution in [0.2, 0.25) is 0 Å². The van der Waals surface area contributed by atoms with Gasteiger partial charge in [0.05, 0.1) is 10.9 Å². The first-order chi connectivity index (χ1) is 12.9. The van der Waals surface area contributed by atoms with Crippen LogP contribution < -0.4 is 4.57 Å². The highest BCUT2D eigenvalue weighted by Crippen LogP contribution is 2.38. The molecule has 148 valence electrons. The van der Waals surface area contributed by atoms with Crippen molar-refractivity contribution in [2.75, 3.05) is 0 Å². The van der Waals surface area contributed by atoms with Crippen LogP contribution >= 0.6 is 0 Å². The van der Waals surface area contributed by atoms with Gasteiger partial charge in [0, 0.05) is 11.1 Å². The summed E-state index contributed by atoms with van der Waals surface area (Å²) in [6.07, 6.45) is 0. The van der Waals surface area contributed by atoms with E-state index < -0.39 is 0 Å². The van der Waals surface area contributed by atoms with Crippen molar-refractivity contribution in [3.63, 3.8) is 0 Å². The van der Waals surface area contributed by atoms with Crippen molar-refractivity contribution in [3.8, 4) is 11.3 Å². The summed E-state index contributed by atoms with van der Waals surface area (Å²) >= 11 is 0. The first-order valence-electron chi connectivity index (χ1n) is 10.4. The lowest BCUT2D eigenvalue weighted by Crippen LogP contribution is -2.35. The van der Waals surface area contributed by atoms with E-state index in [1.165, 1.54) is 83.4 Å². The molecule has 0 spiro atoms. The van der Waals surface area contributed by atoms with Crippen molar-refractivity contribution < 1.29 is 4.57 Å². The molecule has 28 heavy (non-hydrogen) atoms. The number of fused-ring (bicyclic) bond motifs is 1. The molecule has 0 atom stereocenters. The molecule has 0 bridgehead atoms. The number of pyridine rings is 1. The van der Waals surface area contributed by atoms with Crippen molar-refractivity contribution in [2.45, 2.75) is 76.2 Å². The van der Waals surface area contributed by atoms with Crippen LogP contribution in [0, 0.1) is 76.2 Å². The molecule has 2 aromatic carbocycles. The second-order valence-corrected chi connectivity index (χ2v) is 8.88. The number of rotatable bonds is 1. The van der Waals surface area contributed by atoms with Gasteiger partial charge in [-0.15, -0.1) is 0 Å². The summed E-state index contributed by atoms with van der Waals surface area (Å²) in [5.41, 5.74) is 19.7. The van der Waals surface area contributed by atoms with E-state index in [0.717, 1.165) is 0 Å². The average Bonchev–Trinajstić information content (AvgIpc) is 2.66. The van der Waals surface area contributed by atoms with E-state index in [-0.39, 0.29) is 0 Å². The standard InChI is InChI=1S/C27H36N/c1-13-14(2)18(6)24(19(7)15(13)3)27-23(11)21(9)25-20(8)16(4)17(5)22(10)26(25)28(27)12/h1-12H3/q+1. The van der Waals surface area contributed by atoms with Gasteiger partial charge in [-0.3, -0.25) is 0 Å². The highest BCUT2D eigenvalue weighted by molar-refractivity contribution is 5.91. The van der Waals surface area contributed by atoms with Crippen LogP contribution in [0.3, 0.4) is 0 Å². The highest BCUT2D eigenvalue weighted by Gasteiger charge is 2.28. The van der Waals surface area contributed by atoms with Crippen molar-refractivity contribution >= 4 is 10.9 Å². The molecular formula is C27H36N+. The fraction of sp³-hybridized carbons (Fsp3) is 0.444. The smallest absolute Gasteiger partial charge is 0.194 e. The van der Waals surface area contributed by atoms with Gasteiger partial charge in [0.15, 0.2) is 0 Å². The van der Waals surface area contributed by atoms with E-state index in [2.05, 4.69) is 87.8 Å². The van der Waals surface area contributed by atoms with Crippen LogP contribution in [0.15, 0.2) is 0 Å². The maximum Gasteiger partial charge on any atom is 0.216 e. The summed E-state index contributed by atoms with van der Waals surface area (Å²) in [6.45, 7) is 25.1. The van der Waals surface area contributed by atoms with Gasteiger partial charge in [0.25, 0.3) is 0 Å². The van der Waals surface area contributed by atoms with Crippen LogP contribution in [0.1, 0.15) is 61.2 Å². The van der Waals surface area contributed by atoms with Gasteiger partial charge in [-0.2, -0.15) is 4.57 Å². The quantitative estimate of drug-likeness (QED) is 0.416. The third-order valence-electron chi connectivity index (χ3n) is 7.85. The Kier molecular flexibility index (Phi) is 4.94. The predicted molar refractivity (Wildman–Crippen MR) is 123 cm³/mol. The van der Waals surface area contributed by atoms with Gasteiger partial charge in [0.2, 0.25) is 11.2 Å². The lowest BCUT2D eigenvalue weighted by Gasteiger charge is -2.22. The van der Waals surface area contributed by atoms with Crippen LogP contribution in [-0.2, 0) is 7.05 Å². The second-order valence-electron chi connectivity index (χ2n) is 8.88. The Morgan fingerprint density at radius 3 is 1.25 bits per heavy atom. The molecule has 1 aromatic heterocycles. The molecule has 0 saturated carbocycles. The minimum Gasteiger partial charge on any atom is -0.194 e. The Bertz CT molecular complexity index is 1130. The molecule has 0 unspecified atom stereocenters. The van der Waals surface area contributed by atoms with E-state index in [1.54, 1.807) is 0 Å². The van der Waals surface area contributed by atoms with Gasteiger partial charge in [-0.1, -0.05) is 0 Å². The van der Waals surface area contributed by atoms with Crippen molar-refractivity contribution in [3.05, 3.63) is 61.2 Å². The average molecular weight is 375 g/mol. The molecular weight excluding hydrogens is 338 g/mol. The minimum absolute atomic E-state index is 1.37. The molecule has 0 N–H and O–H groups in total. The third kappa shape index (κ3) is 2.55. The summed E-state index contributed by atoms with van der Waals surface area (Å²) in [7, 11) is 2.26. The largest absolute Gasteiger partial charge is 0.216 e. The number of aryl methyl sites for hydroxylation is 4. The van der Waals surface area contributed by atoms with Crippen LogP contribution in [0.25, 0.3) is 22.2 Å². The Morgan fingerprint density at radius 1 is 0.393 bits per heavy atom. The molecule has 1 nitrogen and oxygen atoms in total. The third-order valence-corrected chi connectivity index (χ3v) is 7.85. The zero-order chi connectivity index (χ0) is 21.2. The van der Waals surface area contributed by atoms with Crippen molar-refractivity contribution in [2.24, 2.45) is 7.05 Å². The Hall–Kier alpha value is -2.15. The van der Waals surface area contributed by atoms with E-state index in [9.17, 15) is 0 Å². The Morgan fingerprint density at radius 2 is 0.750 bits per heavy atom. The Labute approximate surface area is 171 Å². The van der Waals surface area contributed by atoms with E-state index in [4.69, 9.17) is 0 Å². The molecule has 1 heterocycles. The van der Waals surface area contributed by atoms with Crippen molar-refractivity contribution in [1.82, 2.24) is 0 Å². The van der Waals surface area contributed by atoms with Crippen LogP contribution in [-0.4, -0.2) is 0 Å². The zero-order valence-corrected chi connectivity index (χ0v) is 19.9. The van der Waals surface area contributed by atoms with Gasteiger partial charge in [0.1, 0.15) is 7.05 Å². The molecule has 0 amide bonds. The minimum atomic E-state index is 1.37. The normalized spacial score (nSPS) is 11.6. The van der Waals surface area contributed by atoms with Crippen LogP contribution in [0.5, 0.6) is 0 Å². The Balaban J connectivity index is 2.64. The molecule has 1 heteroatoms. The molecule has 3 rings (SSSR count). The van der Waals surface area contributed by atoms with Gasteiger partial charge >= 0.3 is 0 Å². The molecule has 0 aliphatic rings. The predicted octanol–water partition coefficient (Wildman–Crippen LogP) is 6.72. The van der Waals surface area contributed by atoms with Crippen molar-refractivity contribution in [1.29, 1.82) is 0 Å². The van der Waals surface area contributed by atoms with E-state index >= 15 is 0 Å². The molecule has 0 aliphatic heterocycles. The van der Waals surface area contributed by atoms with E-state index in [0.29, 0.717) is 0 Å². The molecule has 3 aromatic rings. The number of aromatic nitrogens is 1. The molecule has 0 aliphatic carbocycles. The van der Waals surface area contributed by atoms with Gasteiger partial charge in [-0.25, -0.2) is 0 Å². The van der Waals surface area contributed by atoms with E-state index in [1.807, 2.05) is 0 Å². The number of hydrogen-bond donors (Lipinski definition) is 0. The fourth-order valence-corrected chi connectivity index (χ4v) is 5.11. The summed E-state index contributed by atoms with van der Waals surface area (Å²) in [5, 5.41) is 1.43.